The standard InChI is InChI=1S/C26H26N6O4/c1-33-20-13-19(14-21(15-20)34-2)28-24-22(9-6-10-27-24)25-29-26(31-30-25)32(23-17-35-11-12-36-23)16-18-7-4-3-5-8-18/h3-4,6-7,9-15,17H,5,8,16H2,1-2H3,(H,27,28)(H,29,30,31). The fourth-order valence-electron chi connectivity index (χ4n) is 3.82. The molecule has 0 fully saturated rings. The van der Waals surface area contributed by atoms with Crippen molar-refractivity contribution in [3.8, 4) is 22.9 Å². The number of hydrogen-bond donors (Lipinski definition) is 2. The van der Waals surface area contributed by atoms with E-state index in [2.05, 4.69) is 38.7 Å². The normalized spacial score (nSPS) is 14.3. The predicted octanol–water partition coefficient (Wildman–Crippen LogP) is 5.03. The monoisotopic (exact) mass is 486 g/mol. The summed E-state index contributed by atoms with van der Waals surface area (Å²) >= 11 is 0. The van der Waals surface area contributed by atoms with Crippen LogP contribution < -0.4 is 19.7 Å². The number of anilines is 3. The first kappa shape index (κ1) is 23.0. The van der Waals surface area contributed by atoms with Gasteiger partial charge < -0.3 is 24.3 Å². The highest BCUT2D eigenvalue weighted by atomic mass is 16.5. The third-order valence-electron chi connectivity index (χ3n) is 5.61. The fraction of sp³-hybridized carbons (Fsp3) is 0.192. The lowest BCUT2D eigenvalue weighted by molar-refractivity contribution is 0.248. The highest BCUT2D eigenvalue weighted by molar-refractivity contribution is 5.75. The van der Waals surface area contributed by atoms with Gasteiger partial charge in [-0.05, 0) is 25.0 Å². The van der Waals surface area contributed by atoms with Crippen molar-refractivity contribution >= 4 is 17.5 Å². The molecule has 2 N–H and O–H groups in total. The zero-order valence-corrected chi connectivity index (χ0v) is 20.0. The Labute approximate surface area is 208 Å². The number of aromatic nitrogens is 4. The van der Waals surface area contributed by atoms with Gasteiger partial charge in [0.2, 0.25) is 5.88 Å². The van der Waals surface area contributed by atoms with E-state index in [4.69, 9.17) is 23.9 Å². The van der Waals surface area contributed by atoms with E-state index in [0.717, 1.165) is 24.1 Å². The van der Waals surface area contributed by atoms with Crippen molar-refractivity contribution in [1.29, 1.82) is 0 Å². The number of pyridine rings is 1. The van der Waals surface area contributed by atoms with Crippen molar-refractivity contribution < 1.29 is 18.9 Å². The summed E-state index contributed by atoms with van der Waals surface area (Å²) in [5, 5.41) is 10.9. The molecule has 0 atom stereocenters. The van der Waals surface area contributed by atoms with Gasteiger partial charge in [-0.2, -0.15) is 4.98 Å². The van der Waals surface area contributed by atoms with Crippen LogP contribution in [0.15, 0.2) is 85.0 Å². The second-order valence-electron chi connectivity index (χ2n) is 7.97. The van der Waals surface area contributed by atoms with Gasteiger partial charge in [0, 0.05) is 30.1 Å². The number of hydrogen-bond acceptors (Lipinski definition) is 9. The van der Waals surface area contributed by atoms with Crippen molar-refractivity contribution in [2.75, 3.05) is 31.0 Å². The molecule has 0 unspecified atom stereocenters. The van der Waals surface area contributed by atoms with Gasteiger partial charge in [-0.25, -0.2) is 4.98 Å². The van der Waals surface area contributed by atoms with Gasteiger partial charge in [0.05, 0.1) is 26.3 Å². The van der Waals surface area contributed by atoms with Crippen LogP contribution in [0.3, 0.4) is 0 Å². The summed E-state index contributed by atoms with van der Waals surface area (Å²) in [4.78, 5) is 11.2. The first-order valence-corrected chi connectivity index (χ1v) is 11.4. The fourth-order valence-corrected chi connectivity index (χ4v) is 3.82. The molecule has 3 aromatic rings. The number of nitrogens with zero attached hydrogens (tertiary/aromatic N) is 4. The van der Waals surface area contributed by atoms with E-state index in [1.54, 1.807) is 26.5 Å². The molecular formula is C26H26N6O4. The Morgan fingerprint density at radius 1 is 1.14 bits per heavy atom. The number of methoxy groups -OCH3 is 2. The maximum absolute atomic E-state index is 5.69. The Balaban J connectivity index is 1.45. The van der Waals surface area contributed by atoms with E-state index in [1.165, 1.54) is 24.4 Å². The Kier molecular flexibility index (Phi) is 6.83. The van der Waals surface area contributed by atoms with E-state index in [-0.39, 0.29) is 0 Å². The SMILES string of the molecule is COc1cc(Nc2ncccc2-c2nc(N(CC3=CC=CCC3)C3=COC=CO3)n[nH]2)cc(OC)c1. The lowest BCUT2D eigenvalue weighted by Gasteiger charge is -2.25. The number of aromatic amines is 1. The number of benzene rings is 1. The zero-order valence-electron chi connectivity index (χ0n) is 20.0. The Bertz CT molecular complexity index is 1320. The third kappa shape index (κ3) is 5.17. The van der Waals surface area contributed by atoms with Crippen LogP contribution in [0.4, 0.5) is 17.5 Å². The summed E-state index contributed by atoms with van der Waals surface area (Å²) in [7, 11) is 3.22. The average molecular weight is 487 g/mol. The van der Waals surface area contributed by atoms with Crippen LogP contribution in [-0.4, -0.2) is 40.9 Å². The molecule has 36 heavy (non-hydrogen) atoms. The summed E-state index contributed by atoms with van der Waals surface area (Å²) in [6.07, 6.45) is 14.5. The van der Waals surface area contributed by atoms with Crippen molar-refractivity contribution in [2.45, 2.75) is 12.8 Å². The molecular weight excluding hydrogens is 460 g/mol. The van der Waals surface area contributed by atoms with Gasteiger partial charge in [-0.1, -0.05) is 23.8 Å². The average Bonchev–Trinajstić information content (AvgIpc) is 3.42. The third-order valence-corrected chi connectivity index (χ3v) is 5.61. The van der Waals surface area contributed by atoms with Crippen molar-refractivity contribution in [3.63, 3.8) is 0 Å². The predicted molar refractivity (Wildman–Crippen MR) is 136 cm³/mol. The number of allylic oxidation sites excluding steroid dienone is 3. The molecule has 2 aromatic heterocycles. The van der Waals surface area contributed by atoms with Gasteiger partial charge in [0.15, 0.2) is 12.1 Å². The van der Waals surface area contributed by atoms with Gasteiger partial charge >= 0.3 is 0 Å². The second-order valence-corrected chi connectivity index (χ2v) is 7.97. The minimum absolute atomic E-state index is 0.448. The van der Waals surface area contributed by atoms with Gasteiger partial charge in [0.1, 0.15) is 29.8 Å². The molecule has 10 heteroatoms. The van der Waals surface area contributed by atoms with E-state index in [0.29, 0.717) is 41.5 Å². The minimum Gasteiger partial charge on any atom is -0.497 e. The smallest absolute Gasteiger partial charge is 0.252 e. The van der Waals surface area contributed by atoms with Gasteiger partial charge in [0.25, 0.3) is 5.95 Å². The van der Waals surface area contributed by atoms with Crippen LogP contribution in [0, 0.1) is 0 Å². The maximum atomic E-state index is 5.69. The topological polar surface area (TPSA) is 107 Å². The Morgan fingerprint density at radius 2 is 2.00 bits per heavy atom. The molecule has 0 saturated carbocycles. The summed E-state index contributed by atoms with van der Waals surface area (Å²) in [5.74, 6) is 3.41. The van der Waals surface area contributed by atoms with E-state index in [9.17, 15) is 0 Å². The molecule has 2 aliphatic rings. The molecule has 0 bridgehead atoms. The highest BCUT2D eigenvalue weighted by Gasteiger charge is 2.23. The summed E-state index contributed by atoms with van der Waals surface area (Å²) in [5.41, 5.74) is 2.74. The highest BCUT2D eigenvalue weighted by Crippen LogP contribution is 2.32. The van der Waals surface area contributed by atoms with Crippen LogP contribution in [0.25, 0.3) is 11.4 Å². The molecule has 1 aliphatic carbocycles. The number of H-pyrrole nitrogens is 1. The Hall–Kier alpha value is -4.73. The number of nitrogens with one attached hydrogen (secondary N) is 2. The van der Waals surface area contributed by atoms with Crippen LogP contribution in [-0.2, 0) is 9.47 Å². The van der Waals surface area contributed by atoms with E-state index in [1.807, 2.05) is 29.2 Å². The minimum atomic E-state index is 0.448. The second kappa shape index (κ2) is 10.7. The zero-order chi connectivity index (χ0) is 24.7. The van der Waals surface area contributed by atoms with E-state index < -0.39 is 0 Å². The summed E-state index contributed by atoms with van der Waals surface area (Å²) in [6, 6.07) is 9.29. The first-order chi connectivity index (χ1) is 17.7. The lowest BCUT2D eigenvalue weighted by Crippen LogP contribution is -2.28. The molecule has 1 aliphatic heterocycles. The van der Waals surface area contributed by atoms with Crippen LogP contribution in [0.2, 0.25) is 0 Å². The largest absolute Gasteiger partial charge is 0.497 e. The quantitative estimate of drug-likeness (QED) is 0.431. The number of ether oxygens (including phenoxy) is 4. The lowest BCUT2D eigenvalue weighted by atomic mass is 10.1. The van der Waals surface area contributed by atoms with Crippen LogP contribution >= 0.6 is 0 Å². The molecule has 184 valence electrons. The van der Waals surface area contributed by atoms with Crippen molar-refractivity contribution in [2.24, 2.45) is 0 Å². The summed E-state index contributed by atoms with van der Waals surface area (Å²) < 4.78 is 21.8. The molecule has 0 spiro atoms. The molecule has 1 aromatic carbocycles. The molecule has 10 nitrogen and oxygen atoms in total. The molecule has 0 radical (unpaired) electrons. The van der Waals surface area contributed by atoms with Crippen LogP contribution in [0.1, 0.15) is 12.8 Å². The molecule has 0 saturated heterocycles. The van der Waals surface area contributed by atoms with E-state index >= 15 is 0 Å². The Morgan fingerprint density at radius 3 is 2.72 bits per heavy atom. The van der Waals surface area contributed by atoms with Gasteiger partial charge in [-0.3, -0.25) is 10.00 Å². The molecule has 5 rings (SSSR count). The van der Waals surface area contributed by atoms with Crippen molar-refractivity contribution in [1.82, 2.24) is 20.2 Å². The molecule has 3 heterocycles. The molecule has 0 amide bonds. The van der Waals surface area contributed by atoms with Crippen molar-refractivity contribution in [3.05, 3.63) is 85.0 Å². The van der Waals surface area contributed by atoms with Crippen LogP contribution in [0.5, 0.6) is 11.5 Å². The maximum Gasteiger partial charge on any atom is 0.252 e. The number of rotatable bonds is 9. The first-order valence-electron chi connectivity index (χ1n) is 11.4. The summed E-state index contributed by atoms with van der Waals surface area (Å²) in [6.45, 7) is 0.562. The van der Waals surface area contributed by atoms with Gasteiger partial charge in [-0.15, -0.1) is 5.10 Å².